The highest BCUT2D eigenvalue weighted by atomic mass is 19.4. The highest BCUT2D eigenvalue weighted by Gasteiger charge is 2.63. The third-order valence-corrected chi connectivity index (χ3v) is 1.92. The highest BCUT2D eigenvalue weighted by Crippen LogP contribution is 2.35. The molecule has 0 aromatic carbocycles. The van der Waals surface area contributed by atoms with E-state index in [4.69, 9.17) is 0 Å². The maximum atomic E-state index is 12.7. The SMILES string of the molecule is C=CCC(NC(=O)C(F)(F)C(F)(F)F)C(=O)OCC. The summed E-state index contributed by atoms with van der Waals surface area (Å²) in [6.45, 7) is 4.49. The van der Waals surface area contributed by atoms with E-state index in [9.17, 15) is 31.5 Å². The van der Waals surface area contributed by atoms with Crippen LogP contribution in [0.4, 0.5) is 22.0 Å². The van der Waals surface area contributed by atoms with Gasteiger partial charge in [0.25, 0.3) is 0 Å². The van der Waals surface area contributed by atoms with E-state index < -0.39 is 30.0 Å². The number of carbonyl (C=O) groups is 2. The summed E-state index contributed by atoms with van der Waals surface area (Å²) in [5.41, 5.74) is 0. The summed E-state index contributed by atoms with van der Waals surface area (Å²) < 4.78 is 65.5. The van der Waals surface area contributed by atoms with Crippen molar-refractivity contribution in [2.24, 2.45) is 0 Å². The number of amides is 1. The molecule has 0 saturated carbocycles. The third kappa shape index (κ3) is 4.49. The summed E-state index contributed by atoms with van der Waals surface area (Å²) in [6, 6.07) is -1.64. The van der Waals surface area contributed by atoms with E-state index in [1.54, 1.807) is 0 Å². The lowest BCUT2D eigenvalue weighted by atomic mass is 10.2. The first-order valence-electron chi connectivity index (χ1n) is 5.11. The molecule has 0 radical (unpaired) electrons. The minimum absolute atomic E-state index is 0.113. The number of esters is 1. The molecule has 110 valence electrons. The van der Waals surface area contributed by atoms with Gasteiger partial charge >= 0.3 is 24.0 Å². The third-order valence-electron chi connectivity index (χ3n) is 1.92. The molecule has 0 bridgehead atoms. The van der Waals surface area contributed by atoms with Crippen molar-refractivity contribution in [2.45, 2.75) is 31.5 Å². The van der Waals surface area contributed by atoms with Gasteiger partial charge in [0.1, 0.15) is 6.04 Å². The second-order valence-corrected chi connectivity index (χ2v) is 3.37. The summed E-state index contributed by atoms with van der Waals surface area (Å²) in [5, 5.41) is 1.29. The second kappa shape index (κ2) is 6.48. The van der Waals surface area contributed by atoms with Crippen molar-refractivity contribution in [1.29, 1.82) is 0 Å². The van der Waals surface area contributed by atoms with Crippen LogP contribution in [0.3, 0.4) is 0 Å². The zero-order valence-electron chi connectivity index (χ0n) is 9.89. The highest BCUT2D eigenvalue weighted by molar-refractivity contribution is 5.89. The quantitative estimate of drug-likeness (QED) is 0.461. The van der Waals surface area contributed by atoms with Gasteiger partial charge in [0, 0.05) is 0 Å². The molecule has 0 aliphatic heterocycles. The Hall–Kier alpha value is -1.67. The summed E-state index contributed by atoms with van der Waals surface area (Å²) in [5.74, 6) is -9.31. The fourth-order valence-electron chi connectivity index (χ4n) is 1.00. The molecule has 1 N–H and O–H groups in total. The Bertz CT molecular complexity index is 354. The van der Waals surface area contributed by atoms with Crippen molar-refractivity contribution in [3.8, 4) is 0 Å². The summed E-state index contributed by atoms with van der Waals surface area (Å²) in [7, 11) is 0. The van der Waals surface area contributed by atoms with Crippen molar-refractivity contribution in [3.63, 3.8) is 0 Å². The van der Waals surface area contributed by atoms with Crippen molar-refractivity contribution < 1.29 is 36.3 Å². The predicted molar refractivity (Wildman–Crippen MR) is 54.4 cm³/mol. The average Bonchev–Trinajstić information content (AvgIpc) is 2.26. The van der Waals surface area contributed by atoms with E-state index in [1.165, 1.54) is 12.2 Å². The fourth-order valence-corrected chi connectivity index (χ4v) is 1.00. The smallest absolute Gasteiger partial charge is 0.463 e. The van der Waals surface area contributed by atoms with E-state index >= 15 is 0 Å². The molecule has 1 amide bonds. The van der Waals surface area contributed by atoms with Gasteiger partial charge in [0.15, 0.2) is 0 Å². The van der Waals surface area contributed by atoms with Gasteiger partial charge in [-0.2, -0.15) is 22.0 Å². The van der Waals surface area contributed by atoms with Gasteiger partial charge in [-0.15, -0.1) is 6.58 Å². The van der Waals surface area contributed by atoms with Crippen LogP contribution in [0.15, 0.2) is 12.7 Å². The van der Waals surface area contributed by atoms with Crippen LogP contribution >= 0.6 is 0 Å². The first-order valence-corrected chi connectivity index (χ1v) is 5.11. The average molecular weight is 289 g/mol. The molecule has 0 aromatic heterocycles. The maximum Gasteiger partial charge on any atom is 0.463 e. The van der Waals surface area contributed by atoms with Gasteiger partial charge in [0.05, 0.1) is 6.61 Å². The molecule has 19 heavy (non-hydrogen) atoms. The van der Waals surface area contributed by atoms with Gasteiger partial charge in [0.2, 0.25) is 0 Å². The first-order chi connectivity index (χ1) is 8.57. The molecule has 0 fully saturated rings. The standard InChI is InChI=1S/C10H12F5NO3/c1-3-5-6(7(17)19-4-2)16-8(18)9(11,12)10(13,14)15/h3,6H,1,4-5H2,2H3,(H,16,18). The van der Waals surface area contributed by atoms with E-state index in [-0.39, 0.29) is 13.0 Å². The van der Waals surface area contributed by atoms with Crippen molar-refractivity contribution in [2.75, 3.05) is 6.61 Å². The maximum absolute atomic E-state index is 12.7. The number of ether oxygens (including phenoxy) is 1. The Kier molecular flexibility index (Phi) is 5.91. The van der Waals surface area contributed by atoms with E-state index in [0.29, 0.717) is 0 Å². The Morgan fingerprint density at radius 3 is 2.21 bits per heavy atom. The molecule has 0 saturated heterocycles. The van der Waals surface area contributed by atoms with Crippen LogP contribution < -0.4 is 5.32 Å². The molecule has 1 unspecified atom stereocenters. The minimum atomic E-state index is -6.04. The predicted octanol–water partition coefficient (Wildman–Crippen LogP) is 1.81. The Labute approximate surface area is 105 Å². The molecule has 1 atom stereocenters. The van der Waals surface area contributed by atoms with Gasteiger partial charge in [-0.05, 0) is 13.3 Å². The number of carbonyl (C=O) groups excluding carboxylic acids is 2. The molecule has 0 aromatic rings. The number of hydrogen-bond donors (Lipinski definition) is 1. The van der Waals surface area contributed by atoms with Crippen LogP contribution in [-0.4, -0.2) is 36.6 Å². The summed E-state index contributed by atoms with van der Waals surface area (Å²) in [6.07, 6.45) is -5.30. The molecular weight excluding hydrogens is 277 g/mol. The number of hydrogen-bond acceptors (Lipinski definition) is 3. The van der Waals surface area contributed by atoms with Crippen molar-refractivity contribution in [3.05, 3.63) is 12.7 Å². The van der Waals surface area contributed by atoms with Gasteiger partial charge in [-0.1, -0.05) is 6.08 Å². The normalized spacial score (nSPS) is 13.6. The van der Waals surface area contributed by atoms with E-state index in [2.05, 4.69) is 11.3 Å². The van der Waals surface area contributed by atoms with Crippen LogP contribution in [0, 0.1) is 0 Å². The number of rotatable bonds is 6. The van der Waals surface area contributed by atoms with Crippen LogP contribution in [0.25, 0.3) is 0 Å². The van der Waals surface area contributed by atoms with Gasteiger partial charge in [-0.3, -0.25) is 4.79 Å². The zero-order chi connectivity index (χ0) is 15.3. The lowest BCUT2D eigenvalue weighted by Gasteiger charge is -2.22. The van der Waals surface area contributed by atoms with E-state index in [0.717, 1.165) is 6.08 Å². The van der Waals surface area contributed by atoms with Crippen LogP contribution in [0.2, 0.25) is 0 Å². The Morgan fingerprint density at radius 2 is 1.84 bits per heavy atom. The monoisotopic (exact) mass is 289 g/mol. The largest absolute Gasteiger partial charge is 0.464 e. The van der Waals surface area contributed by atoms with Crippen LogP contribution in [0.1, 0.15) is 13.3 Å². The van der Waals surface area contributed by atoms with Crippen molar-refractivity contribution >= 4 is 11.9 Å². The lowest BCUT2D eigenvalue weighted by molar-refractivity contribution is -0.270. The number of nitrogens with one attached hydrogen (secondary N) is 1. The second-order valence-electron chi connectivity index (χ2n) is 3.37. The molecule has 0 heterocycles. The summed E-state index contributed by atoms with van der Waals surface area (Å²) in [4.78, 5) is 22.1. The Balaban J connectivity index is 4.91. The Morgan fingerprint density at radius 1 is 1.32 bits per heavy atom. The van der Waals surface area contributed by atoms with E-state index in [1.807, 2.05) is 0 Å². The first kappa shape index (κ1) is 17.3. The lowest BCUT2D eigenvalue weighted by Crippen LogP contribution is -2.54. The van der Waals surface area contributed by atoms with Gasteiger partial charge < -0.3 is 10.1 Å². The molecular formula is C10H12F5NO3. The minimum Gasteiger partial charge on any atom is -0.464 e. The van der Waals surface area contributed by atoms with Crippen LogP contribution in [0.5, 0.6) is 0 Å². The molecule has 0 aliphatic rings. The number of halogens is 5. The van der Waals surface area contributed by atoms with Crippen molar-refractivity contribution in [1.82, 2.24) is 5.32 Å². The molecule has 0 spiro atoms. The van der Waals surface area contributed by atoms with Gasteiger partial charge in [-0.25, -0.2) is 4.79 Å². The molecule has 0 rings (SSSR count). The zero-order valence-corrected chi connectivity index (χ0v) is 9.89. The number of alkyl halides is 5. The fraction of sp³-hybridized carbons (Fsp3) is 0.600. The molecule has 9 heteroatoms. The summed E-state index contributed by atoms with van der Waals surface area (Å²) >= 11 is 0. The topological polar surface area (TPSA) is 55.4 Å². The van der Waals surface area contributed by atoms with Crippen LogP contribution in [-0.2, 0) is 14.3 Å². The molecule has 4 nitrogen and oxygen atoms in total. The molecule has 0 aliphatic carbocycles.